The molecule has 2 aromatic carbocycles. The van der Waals surface area contributed by atoms with Crippen LogP contribution in [0.4, 0.5) is 0 Å². The van der Waals surface area contributed by atoms with Crippen LogP contribution in [0.1, 0.15) is 25.3 Å². The van der Waals surface area contributed by atoms with Gasteiger partial charge in [0.1, 0.15) is 0 Å². The molecule has 2 rings (SSSR count). The summed E-state index contributed by atoms with van der Waals surface area (Å²) in [5, 5.41) is 0. The van der Waals surface area contributed by atoms with Crippen molar-refractivity contribution in [3.8, 4) is 11.5 Å². The summed E-state index contributed by atoms with van der Waals surface area (Å²) >= 11 is 0. The number of carbonyl (C=O) groups is 1. The van der Waals surface area contributed by atoms with E-state index in [9.17, 15) is 4.79 Å². The van der Waals surface area contributed by atoms with Crippen molar-refractivity contribution >= 4 is 5.91 Å². The van der Waals surface area contributed by atoms with Gasteiger partial charge < -0.3 is 14.4 Å². The minimum Gasteiger partial charge on any atom is -0.490 e. The Balaban J connectivity index is 1.73. The maximum absolute atomic E-state index is 12.2. The zero-order valence-corrected chi connectivity index (χ0v) is 14.4. The Morgan fingerprint density at radius 3 is 2.25 bits per heavy atom. The number of hydrogen-bond donors (Lipinski definition) is 0. The molecule has 2 aromatic rings. The molecule has 0 aliphatic heterocycles. The van der Waals surface area contributed by atoms with Gasteiger partial charge in [-0.25, -0.2) is 0 Å². The second kappa shape index (κ2) is 9.60. The Labute approximate surface area is 144 Å². The Kier molecular flexibility index (Phi) is 7.15. The number of ether oxygens (including phenoxy) is 2. The quantitative estimate of drug-likeness (QED) is 0.656. The van der Waals surface area contributed by atoms with Crippen molar-refractivity contribution < 1.29 is 14.3 Å². The first-order valence-electron chi connectivity index (χ1n) is 8.33. The Hall–Kier alpha value is -2.49. The number of nitrogens with zero attached hydrogens (tertiary/aromatic N) is 1. The summed E-state index contributed by atoms with van der Waals surface area (Å²) in [5.41, 5.74) is 1.13. The summed E-state index contributed by atoms with van der Waals surface area (Å²) in [4.78, 5) is 13.9. The Morgan fingerprint density at radius 1 is 0.958 bits per heavy atom. The normalized spacial score (nSPS) is 10.2. The maximum atomic E-state index is 12.2. The summed E-state index contributed by atoms with van der Waals surface area (Å²) < 4.78 is 11.3. The first-order valence-corrected chi connectivity index (χ1v) is 8.33. The predicted molar refractivity (Wildman–Crippen MR) is 95.3 cm³/mol. The van der Waals surface area contributed by atoms with Gasteiger partial charge in [0.15, 0.2) is 11.5 Å². The lowest BCUT2D eigenvalue weighted by atomic mass is 10.2. The van der Waals surface area contributed by atoms with Gasteiger partial charge in [-0.3, -0.25) is 4.79 Å². The maximum Gasteiger partial charge on any atom is 0.222 e. The molecule has 0 radical (unpaired) electrons. The van der Waals surface area contributed by atoms with Gasteiger partial charge in [-0.15, -0.1) is 0 Å². The molecule has 0 N–H and O–H groups in total. The molecule has 4 nitrogen and oxygen atoms in total. The Bertz CT molecular complexity index is 628. The molecule has 4 heteroatoms. The number of rotatable bonds is 9. The van der Waals surface area contributed by atoms with Crippen LogP contribution in [0.3, 0.4) is 0 Å². The van der Waals surface area contributed by atoms with Crippen LogP contribution in [-0.2, 0) is 11.3 Å². The minimum absolute atomic E-state index is 0.126. The van der Waals surface area contributed by atoms with Gasteiger partial charge in [-0.1, -0.05) is 42.5 Å². The second-order valence-corrected chi connectivity index (χ2v) is 5.57. The summed E-state index contributed by atoms with van der Waals surface area (Å²) in [6.07, 6.45) is 1.15. The molecule has 0 fully saturated rings. The van der Waals surface area contributed by atoms with Crippen LogP contribution >= 0.6 is 0 Å². The zero-order chi connectivity index (χ0) is 17.2. The molecular formula is C20H25NO3. The van der Waals surface area contributed by atoms with Crippen LogP contribution in [0.2, 0.25) is 0 Å². The zero-order valence-electron chi connectivity index (χ0n) is 14.4. The molecule has 0 aromatic heterocycles. The third-order valence-electron chi connectivity index (χ3n) is 3.63. The van der Waals surface area contributed by atoms with E-state index in [2.05, 4.69) is 0 Å². The average Bonchev–Trinajstić information content (AvgIpc) is 2.61. The number of para-hydroxylation sites is 2. The van der Waals surface area contributed by atoms with Gasteiger partial charge in [0.25, 0.3) is 0 Å². The topological polar surface area (TPSA) is 38.8 Å². The number of hydrogen-bond acceptors (Lipinski definition) is 3. The van der Waals surface area contributed by atoms with Crippen molar-refractivity contribution in [2.45, 2.75) is 26.3 Å². The third-order valence-corrected chi connectivity index (χ3v) is 3.63. The molecule has 0 saturated carbocycles. The number of benzene rings is 2. The first kappa shape index (κ1) is 17.9. The predicted octanol–water partition coefficient (Wildman–Crippen LogP) is 3.90. The largest absolute Gasteiger partial charge is 0.490 e. The highest BCUT2D eigenvalue weighted by atomic mass is 16.5. The van der Waals surface area contributed by atoms with Crippen LogP contribution in [0.25, 0.3) is 0 Å². The van der Waals surface area contributed by atoms with Gasteiger partial charge >= 0.3 is 0 Å². The van der Waals surface area contributed by atoms with Crippen molar-refractivity contribution in [1.82, 2.24) is 4.90 Å². The fraction of sp³-hybridized carbons (Fsp3) is 0.350. The summed E-state index contributed by atoms with van der Waals surface area (Å²) in [5.74, 6) is 1.59. The van der Waals surface area contributed by atoms with E-state index in [-0.39, 0.29) is 5.91 Å². The van der Waals surface area contributed by atoms with E-state index < -0.39 is 0 Å². The van der Waals surface area contributed by atoms with Crippen LogP contribution in [0, 0.1) is 0 Å². The lowest BCUT2D eigenvalue weighted by Crippen LogP contribution is -2.26. The van der Waals surface area contributed by atoms with Crippen LogP contribution in [0.15, 0.2) is 54.6 Å². The van der Waals surface area contributed by atoms with Crippen molar-refractivity contribution in [3.63, 3.8) is 0 Å². The van der Waals surface area contributed by atoms with E-state index in [1.165, 1.54) is 0 Å². The van der Waals surface area contributed by atoms with Gasteiger partial charge in [0.05, 0.1) is 13.2 Å². The van der Waals surface area contributed by atoms with Crippen molar-refractivity contribution in [2.75, 3.05) is 20.3 Å². The van der Waals surface area contributed by atoms with E-state index in [0.717, 1.165) is 17.1 Å². The van der Waals surface area contributed by atoms with Gasteiger partial charge in [-0.2, -0.15) is 0 Å². The highest BCUT2D eigenvalue weighted by Crippen LogP contribution is 2.26. The van der Waals surface area contributed by atoms with Crippen LogP contribution < -0.4 is 9.47 Å². The number of amides is 1. The average molecular weight is 327 g/mol. The van der Waals surface area contributed by atoms with Gasteiger partial charge in [-0.05, 0) is 31.0 Å². The molecule has 0 heterocycles. The van der Waals surface area contributed by atoms with Crippen molar-refractivity contribution in [1.29, 1.82) is 0 Å². The fourth-order valence-corrected chi connectivity index (χ4v) is 2.39. The SMILES string of the molecule is CCOc1ccccc1OCCCC(=O)N(C)Cc1ccccc1. The van der Waals surface area contributed by atoms with Crippen LogP contribution in [0.5, 0.6) is 11.5 Å². The molecule has 0 unspecified atom stereocenters. The summed E-state index contributed by atoms with van der Waals surface area (Å²) in [7, 11) is 1.83. The lowest BCUT2D eigenvalue weighted by Gasteiger charge is -2.17. The van der Waals surface area contributed by atoms with Gasteiger partial charge in [0, 0.05) is 20.0 Å². The third kappa shape index (κ3) is 5.61. The molecular weight excluding hydrogens is 302 g/mol. The first-order chi connectivity index (χ1) is 11.7. The van der Waals surface area contributed by atoms with E-state index in [0.29, 0.717) is 32.6 Å². The molecule has 0 atom stereocenters. The summed E-state index contributed by atoms with van der Waals surface area (Å²) in [6.45, 7) is 3.67. The molecule has 0 bridgehead atoms. The van der Waals surface area contributed by atoms with E-state index >= 15 is 0 Å². The highest BCUT2D eigenvalue weighted by Gasteiger charge is 2.09. The molecule has 128 valence electrons. The fourth-order valence-electron chi connectivity index (χ4n) is 2.39. The summed E-state index contributed by atoms with van der Waals surface area (Å²) in [6, 6.07) is 17.6. The monoisotopic (exact) mass is 327 g/mol. The molecule has 0 saturated heterocycles. The van der Waals surface area contributed by atoms with Crippen molar-refractivity contribution in [3.05, 3.63) is 60.2 Å². The lowest BCUT2D eigenvalue weighted by molar-refractivity contribution is -0.130. The number of carbonyl (C=O) groups excluding carboxylic acids is 1. The minimum atomic E-state index is 0.126. The second-order valence-electron chi connectivity index (χ2n) is 5.57. The van der Waals surface area contributed by atoms with Crippen molar-refractivity contribution in [2.24, 2.45) is 0 Å². The molecule has 1 amide bonds. The molecule has 0 aliphatic rings. The Morgan fingerprint density at radius 2 is 1.58 bits per heavy atom. The van der Waals surface area contributed by atoms with Crippen LogP contribution in [-0.4, -0.2) is 31.1 Å². The van der Waals surface area contributed by atoms with E-state index in [4.69, 9.17) is 9.47 Å². The molecule has 24 heavy (non-hydrogen) atoms. The smallest absolute Gasteiger partial charge is 0.222 e. The van der Waals surface area contributed by atoms with E-state index in [1.807, 2.05) is 68.6 Å². The van der Waals surface area contributed by atoms with Gasteiger partial charge in [0.2, 0.25) is 5.91 Å². The molecule has 0 spiro atoms. The molecule has 0 aliphatic carbocycles. The van der Waals surface area contributed by atoms with E-state index in [1.54, 1.807) is 4.90 Å². The standard InChI is InChI=1S/C20H25NO3/c1-3-23-18-12-7-8-13-19(18)24-15-9-14-20(22)21(2)16-17-10-5-4-6-11-17/h4-8,10-13H,3,9,14-16H2,1-2H3. The highest BCUT2D eigenvalue weighted by molar-refractivity contribution is 5.75.